The maximum absolute atomic E-state index is 12.0. The predicted molar refractivity (Wildman–Crippen MR) is 102 cm³/mol. The van der Waals surface area contributed by atoms with E-state index in [0.29, 0.717) is 26.2 Å². The van der Waals surface area contributed by atoms with Crippen LogP contribution in [0, 0.1) is 0 Å². The summed E-state index contributed by atoms with van der Waals surface area (Å²) >= 11 is 0. The zero-order valence-electron chi connectivity index (χ0n) is 14.1. The average molecular weight is 447 g/mol. The smallest absolute Gasteiger partial charge is 0.193 e. The molecule has 6 nitrogen and oxygen atoms in total. The van der Waals surface area contributed by atoms with E-state index in [1.165, 1.54) is 0 Å². The summed E-state index contributed by atoms with van der Waals surface area (Å²) in [4.78, 5) is 6.25. The van der Waals surface area contributed by atoms with Crippen LogP contribution in [0.15, 0.2) is 4.99 Å². The van der Waals surface area contributed by atoms with Crippen LogP contribution >= 0.6 is 24.0 Å². The maximum Gasteiger partial charge on any atom is 0.193 e. The molecule has 1 fully saturated rings. The molecular formula is C14H30IN3O3S. The van der Waals surface area contributed by atoms with Crippen LogP contribution in [0.1, 0.15) is 33.6 Å². The topological polar surface area (TPSA) is 71.0 Å². The lowest BCUT2D eigenvalue weighted by Crippen LogP contribution is -2.57. The minimum Gasteiger partial charge on any atom is -0.380 e. The Morgan fingerprint density at radius 3 is 2.59 bits per heavy atom. The number of hydrogen-bond acceptors (Lipinski definition) is 4. The number of halogens is 1. The first kappa shape index (κ1) is 21.9. The molecular weight excluding hydrogens is 417 g/mol. The summed E-state index contributed by atoms with van der Waals surface area (Å²) in [5.74, 6) is 0.922. The Kier molecular flexibility index (Phi) is 9.88. The quantitative estimate of drug-likeness (QED) is 0.289. The number of guanidine groups is 1. The van der Waals surface area contributed by atoms with E-state index in [2.05, 4.69) is 17.2 Å². The molecule has 0 atom stereocenters. The van der Waals surface area contributed by atoms with Gasteiger partial charge >= 0.3 is 0 Å². The van der Waals surface area contributed by atoms with Gasteiger partial charge in [0.1, 0.15) is 0 Å². The lowest BCUT2D eigenvalue weighted by atomic mass is 10.2. The van der Waals surface area contributed by atoms with Gasteiger partial charge in [0, 0.05) is 33.3 Å². The number of ether oxygens (including phenoxy) is 1. The van der Waals surface area contributed by atoms with Crippen molar-refractivity contribution in [3.8, 4) is 0 Å². The molecule has 1 rings (SSSR count). The fraction of sp³-hybridized carbons (Fsp3) is 0.929. The molecule has 1 aliphatic rings. The molecule has 22 heavy (non-hydrogen) atoms. The van der Waals surface area contributed by atoms with Crippen LogP contribution in [0.25, 0.3) is 0 Å². The van der Waals surface area contributed by atoms with E-state index >= 15 is 0 Å². The minimum atomic E-state index is -3.02. The fourth-order valence-electron chi connectivity index (χ4n) is 2.24. The summed E-state index contributed by atoms with van der Waals surface area (Å²) < 4.78 is 28.8. The number of rotatable bonds is 6. The lowest BCUT2D eigenvalue weighted by molar-refractivity contribution is 0.135. The van der Waals surface area contributed by atoms with Crippen LogP contribution < -0.4 is 5.32 Å². The number of hydrogen-bond donors (Lipinski definition) is 1. The highest BCUT2D eigenvalue weighted by atomic mass is 127. The van der Waals surface area contributed by atoms with Crippen LogP contribution in [0.4, 0.5) is 0 Å². The molecule has 0 aliphatic carbocycles. The normalized spacial score (nSPS) is 20.4. The Hall–Kier alpha value is -0.0900. The summed E-state index contributed by atoms with van der Waals surface area (Å²) in [6.45, 7) is 8.73. The van der Waals surface area contributed by atoms with Gasteiger partial charge in [0.2, 0.25) is 0 Å². The van der Waals surface area contributed by atoms with Crippen molar-refractivity contribution in [1.29, 1.82) is 0 Å². The molecule has 1 aliphatic heterocycles. The van der Waals surface area contributed by atoms with Gasteiger partial charge in [-0.3, -0.25) is 4.99 Å². The molecule has 0 amide bonds. The monoisotopic (exact) mass is 447 g/mol. The number of nitrogens with zero attached hydrogens (tertiary/aromatic N) is 2. The standard InChI is InChI=1S/C14H29N3O3S.HI/c1-5-6-9-20-10-7-16-13(15-4)17-8-11-21(18,19)14(2,3)12-17;/h5-12H2,1-4H3,(H,15,16);1H. The highest BCUT2D eigenvalue weighted by Crippen LogP contribution is 2.23. The second-order valence-corrected chi connectivity index (χ2v) is 8.68. The summed E-state index contributed by atoms with van der Waals surface area (Å²) in [5.41, 5.74) is 0. The first-order valence-electron chi connectivity index (χ1n) is 7.59. The maximum atomic E-state index is 12.0. The predicted octanol–water partition coefficient (Wildman–Crippen LogP) is 1.51. The van der Waals surface area contributed by atoms with Gasteiger partial charge in [0.25, 0.3) is 0 Å². The lowest BCUT2D eigenvalue weighted by Gasteiger charge is -2.39. The third-order valence-electron chi connectivity index (χ3n) is 3.73. The molecule has 0 bridgehead atoms. The van der Waals surface area contributed by atoms with Gasteiger partial charge < -0.3 is 15.0 Å². The highest BCUT2D eigenvalue weighted by molar-refractivity contribution is 14.0. The zero-order chi connectivity index (χ0) is 15.9. The molecule has 1 N–H and O–H groups in total. The molecule has 0 unspecified atom stereocenters. The number of unbranched alkanes of at least 4 members (excludes halogenated alkanes) is 1. The van der Waals surface area contributed by atoms with Crippen molar-refractivity contribution in [3.05, 3.63) is 0 Å². The molecule has 0 saturated carbocycles. The van der Waals surface area contributed by atoms with Crippen LogP contribution in [0.5, 0.6) is 0 Å². The van der Waals surface area contributed by atoms with Gasteiger partial charge in [-0.15, -0.1) is 24.0 Å². The van der Waals surface area contributed by atoms with Crippen molar-refractivity contribution in [2.75, 3.05) is 45.6 Å². The summed E-state index contributed by atoms with van der Waals surface area (Å²) in [7, 11) is -1.30. The molecule has 0 aromatic carbocycles. The Morgan fingerprint density at radius 1 is 1.36 bits per heavy atom. The molecule has 0 aromatic heterocycles. The van der Waals surface area contributed by atoms with Crippen molar-refractivity contribution < 1.29 is 13.2 Å². The van der Waals surface area contributed by atoms with Crippen LogP contribution in [-0.2, 0) is 14.6 Å². The van der Waals surface area contributed by atoms with Gasteiger partial charge in [-0.2, -0.15) is 0 Å². The SMILES string of the molecule is CCCCOCCNC(=NC)N1CCS(=O)(=O)C(C)(C)C1.I. The van der Waals surface area contributed by atoms with E-state index in [1.54, 1.807) is 20.9 Å². The van der Waals surface area contributed by atoms with E-state index in [0.717, 1.165) is 25.4 Å². The Morgan fingerprint density at radius 2 is 2.05 bits per heavy atom. The summed E-state index contributed by atoms with van der Waals surface area (Å²) in [6, 6.07) is 0. The Bertz CT molecular complexity index is 452. The first-order valence-corrected chi connectivity index (χ1v) is 9.25. The second-order valence-electron chi connectivity index (χ2n) is 5.94. The molecule has 0 spiro atoms. The Labute approximate surface area is 152 Å². The molecule has 0 aromatic rings. The summed E-state index contributed by atoms with van der Waals surface area (Å²) in [6.07, 6.45) is 2.21. The van der Waals surface area contributed by atoms with Gasteiger partial charge in [-0.1, -0.05) is 13.3 Å². The van der Waals surface area contributed by atoms with Crippen LogP contribution in [-0.4, -0.2) is 69.7 Å². The van der Waals surface area contributed by atoms with Crippen LogP contribution in [0.3, 0.4) is 0 Å². The third kappa shape index (κ3) is 6.19. The van der Waals surface area contributed by atoms with Crippen molar-refractivity contribution in [3.63, 3.8) is 0 Å². The second kappa shape index (κ2) is 9.92. The van der Waals surface area contributed by atoms with Crippen molar-refractivity contribution in [2.45, 2.75) is 38.4 Å². The zero-order valence-corrected chi connectivity index (χ0v) is 17.2. The molecule has 1 heterocycles. The van der Waals surface area contributed by atoms with E-state index in [4.69, 9.17) is 4.74 Å². The van der Waals surface area contributed by atoms with E-state index < -0.39 is 14.6 Å². The largest absolute Gasteiger partial charge is 0.380 e. The first-order chi connectivity index (χ1) is 9.84. The third-order valence-corrected chi connectivity index (χ3v) is 6.26. The summed E-state index contributed by atoms with van der Waals surface area (Å²) in [5, 5.41) is 3.24. The molecule has 8 heteroatoms. The highest BCUT2D eigenvalue weighted by Gasteiger charge is 2.40. The van der Waals surface area contributed by atoms with Gasteiger partial charge in [-0.25, -0.2) is 8.42 Å². The molecule has 132 valence electrons. The fourth-order valence-corrected chi connectivity index (χ4v) is 3.61. The van der Waals surface area contributed by atoms with Crippen LogP contribution in [0.2, 0.25) is 0 Å². The Balaban J connectivity index is 0.00000441. The average Bonchev–Trinajstić information content (AvgIpc) is 2.41. The number of sulfone groups is 1. The minimum absolute atomic E-state index is 0. The van der Waals surface area contributed by atoms with E-state index in [1.807, 2.05) is 4.90 Å². The molecule has 1 saturated heterocycles. The van der Waals surface area contributed by atoms with Crippen molar-refractivity contribution >= 4 is 39.8 Å². The van der Waals surface area contributed by atoms with Crippen molar-refractivity contribution in [2.24, 2.45) is 4.99 Å². The van der Waals surface area contributed by atoms with Crippen molar-refractivity contribution in [1.82, 2.24) is 10.2 Å². The van der Waals surface area contributed by atoms with Gasteiger partial charge in [0.15, 0.2) is 15.8 Å². The number of nitrogens with one attached hydrogen (secondary N) is 1. The number of aliphatic imine (C=N–C) groups is 1. The molecule has 0 radical (unpaired) electrons. The van der Waals surface area contributed by atoms with E-state index in [9.17, 15) is 8.42 Å². The van der Waals surface area contributed by atoms with Gasteiger partial charge in [-0.05, 0) is 20.3 Å². The van der Waals surface area contributed by atoms with Gasteiger partial charge in [0.05, 0.1) is 17.1 Å². The van der Waals surface area contributed by atoms with E-state index in [-0.39, 0.29) is 29.7 Å².